The summed E-state index contributed by atoms with van der Waals surface area (Å²) in [5, 5.41) is 0. The summed E-state index contributed by atoms with van der Waals surface area (Å²) < 4.78 is 37.2. The molecule has 6 heteroatoms. The summed E-state index contributed by atoms with van der Waals surface area (Å²) in [5.41, 5.74) is 0.295. The number of hydrogen-bond acceptors (Lipinski definition) is 4. The molecule has 0 unspecified atom stereocenters. The van der Waals surface area contributed by atoms with Gasteiger partial charge in [-0.1, -0.05) is 33.4 Å². The van der Waals surface area contributed by atoms with E-state index in [0.717, 1.165) is 24.3 Å². The third kappa shape index (κ3) is 7.33. The topological polar surface area (TPSA) is 52.6 Å². The van der Waals surface area contributed by atoms with E-state index in [1.165, 1.54) is 30.3 Å². The minimum Gasteiger partial charge on any atom is -0.419 e. The van der Waals surface area contributed by atoms with Crippen molar-refractivity contribution in [2.45, 2.75) is 27.7 Å². The van der Waals surface area contributed by atoms with Crippen LogP contribution in [0.4, 0.5) is 8.78 Å². The highest BCUT2D eigenvalue weighted by atomic mass is 19.1. The molecule has 0 amide bonds. The van der Waals surface area contributed by atoms with Gasteiger partial charge in [-0.3, -0.25) is 0 Å². The first-order valence-corrected chi connectivity index (χ1v) is 9.51. The van der Waals surface area contributed by atoms with Crippen molar-refractivity contribution in [3.05, 3.63) is 107 Å². The van der Waals surface area contributed by atoms with Crippen LogP contribution < -0.4 is 0 Å². The predicted molar refractivity (Wildman–Crippen MR) is 114 cm³/mol. The average molecular weight is 426 g/mol. The van der Waals surface area contributed by atoms with Crippen molar-refractivity contribution in [1.29, 1.82) is 0 Å². The van der Waals surface area contributed by atoms with Crippen LogP contribution in [0.1, 0.15) is 48.4 Å². The van der Waals surface area contributed by atoms with Gasteiger partial charge in [-0.15, -0.1) is 0 Å². The fourth-order valence-electron chi connectivity index (χ4n) is 2.31. The summed E-state index contributed by atoms with van der Waals surface area (Å²) in [6, 6.07) is 9.68. The third-order valence-corrected chi connectivity index (χ3v) is 3.90. The molecule has 31 heavy (non-hydrogen) atoms. The molecule has 2 aromatic carbocycles. The molecule has 0 bridgehead atoms. The van der Waals surface area contributed by atoms with Crippen LogP contribution >= 0.6 is 0 Å². The number of esters is 2. The van der Waals surface area contributed by atoms with Crippen molar-refractivity contribution in [2.75, 3.05) is 0 Å². The molecule has 0 saturated carbocycles. The molecule has 162 valence electrons. The molecule has 0 spiro atoms. The van der Waals surface area contributed by atoms with Gasteiger partial charge < -0.3 is 9.47 Å². The summed E-state index contributed by atoms with van der Waals surface area (Å²) in [4.78, 5) is 25.1. The van der Waals surface area contributed by atoms with Gasteiger partial charge in [-0.05, 0) is 72.5 Å². The fourth-order valence-corrected chi connectivity index (χ4v) is 2.31. The summed E-state index contributed by atoms with van der Waals surface area (Å²) in [5.74, 6) is -2.59. The minimum absolute atomic E-state index is 0.0350. The van der Waals surface area contributed by atoms with Gasteiger partial charge in [0.05, 0.1) is 11.1 Å². The quantitative estimate of drug-likeness (QED) is 0.306. The Morgan fingerprint density at radius 1 is 0.839 bits per heavy atom. The molecular formula is C25H24F2O4. The van der Waals surface area contributed by atoms with Gasteiger partial charge in [-0.2, -0.15) is 0 Å². The Kier molecular flexibility index (Phi) is 7.64. The maximum atomic E-state index is 13.2. The number of hydrogen-bond donors (Lipinski definition) is 0. The van der Waals surface area contributed by atoms with Crippen molar-refractivity contribution in [2.24, 2.45) is 5.41 Å². The van der Waals surface area contributed by atoms with Crippen LogP contribution in [0.15, 0.2) is 84.4 Å². The third-order valence-electron chi connectivity index (χ3n) is 3.90. The molecule has 0 heterocycles. The van der Waals surface area contributed by atoms with E-state index in [2.05, 4.69) is 6.58 Å². The lowest BCUT2D eigenvalue weighted by Gasteiger charge is -2.16. The van der Waals surface area contributed by atoms with E-state index in [4.69, 9.17) is 9.47 Å². The molecule has 0 aliphatic rings. The number of carbonyl (C=O) groups is 2. The van der Waals surface area contributed by atoms with Crippen LogP contribution in [0.3, 0.4) is 0 Å². The highest BCUT2D eigenvalue weighted by molar-refractivity contribution is 5.91. The van der Waals surface area contributed by atoms with E-state index in [1.807, 2.05) is 20.8 Å². The van der Waals surface area contributed by atoms with Gasteiger partial charge in [-0.25, -0.2) is 18.4 Å². The zero-order valence-corrected chi connectivity index (χ0v) is 17.9. The Morgan fingerprint density at radius 2 is 1.26 bits per heavy atom. The number of benzene rings is 2. The van der Waals surface area contributed by atoms with E-state index in [1.54, 1.807) is 13.0 Å². The van der Waals surface area contributed by atoms with E-state index in [9.17, 15) is 18.4 Å². The van der Waals surface area contributed by atoms with E-state index in [0.29, 0.717) is 5.57 Å². The van der Waals surface area contributed by atoms with E-state index >= 15 is 0 Å². The average Bonchev–Trinajstić information content (AvgIpc) is 2.69. The molecule has 2 rings (SSSR count). The molecule has 0 atom stereocenters. The second-order valence-corrected chi connectivity index (χ2v) is 7.97. The van der Waals surface area contributed by atoms with Crippen LogP contribution in [0, 0.1) is 17.0 Å². The Balaban J connectivity index is 2.44. The maximum Gasteiger partial charge on any atom is 0.343 e. The van der Waals surface area contributed by atoms with Gasteiger partial charge >= 0.3 is 11.9 Å². The standard InChI is InChI=1S/C25H24F2O4/c1-16(2)22(31-24(29)18-8-12-20(27)13-9-18)21(14-15-25(3,4)5)30-23(28)17-6-10-19(26)11-7-17/h6-15H,1H2,2-5H3/b15-14+,22-21-. The lowest BCUT2D eigenvalue weighted by molar-refractivity contribution is 0.0546. The maximum absolute atomic E-state index is 13.2. The predicted octanol–water partition coefficient (Wildman–Crippen LogP) is 6.37. The molecule has 0 radical (unpaired) electrons. The fraction of sp³-hybridized carbons (Fsp3) is 0.200. The summed E-state index contributed by atoms with van der Waals surface area (Å²) in [7, 11) is 0. The van der Waals surface area contributed by atoms with Crippen LogP contribution in [0.25, 0.3) is 0 Å². The lowest BCUT2D eigenvalue weighted by atomic mass is 9.96. The highest BCUT2D eigenvalue weighted by Gasteiger charge is 2.20. The van der Waals surface area contributed by atoms with Crippen molar-refractivity contribution < 1.29 is 27.8 Å². The van der Waals surface area contributed by atoms with Gasteiger partial charge in [0.2, 0.25) is 0 Å². The van der Waals surface area contributed by atoms with E-state index < -0.39 is 23.6 Å². The molecule has 0 aliphatic heterocycles. The van der Waals surface area contributed by atoms with E-state index in [-0.39, 0.29) is 28.1 Å². The summed E-state index contributed by atoms with van der Waals surface area (Å²) >= 11 is 0. The molecule has 4 nitrogen and oxygen atoms in total. The Hall–Kier alpha value is -3.54. The SMILES string of the molecule is C=C(C)/C(OC(=O)c1ccc(F)cc1)=C(\C=C\C(C)(C)C)OC(=O)c1ccc(F)cc1. The van der Waals surface area contributed by atoms with Crippen molar-refractivity contribution in [1.82, 2.24) is 0 Å². The lowest BCUT2D eigenvalue weighted by Crippen LogP contribution is -2.12. The molecule has 2 aromatic rings. The summed E-state index contributed by atoms with van der Waals surface area (Å²) in [6.07, 6.45) is 3.29. The number of carbonyl (C=O) groups excluding carboxylic acids is 2. The second kappa shape index (κ2) is 9.98. The molecule has 0 aliphatic carbocycles. The minimum atomic E-state index is -0.766. The number of rotatable bonds is 6. The first kappa shape index (κ1) is 23.7. The summed E-state index contributed by atoms with van der Waals surface area (Å²) in [6.45, 7) is 11.2. The molecular weight excluding hydrogens is 402 g/mol. The Labute approximate surface area is 180 Å². The number of halogens is 2. The van der Waals surface area contributed by atoms with Gasteiger partial charge in [0, 0.05) is 0 Å². The van der Waals surface area contributed by atoms with Crippen LogP contribution in [0.5, 0.6) is 0 Å². The van der Waals surface area contributed by atoms with Gasteiger partial charge in [0.15, 0.2) is 11.5 Å². The highest BCUT2D eigenvalue weighted by Crippen LogP contribution is 2.24. The van der Waals surface area contributed by atoms with Crippen molar-refractivity contribution >= 4 is 11.9 Å². The van der Waals surface area contributed by atoms with Crippen molar-refractivity contribution in [3.63, 3.8) is 0 Å². The molecule has 0 saturated heterocycles. The van der Waals surface area contributed by atoms with Crippen molar-refractivity contribution in [3.8, 4) is 0 Å². The largest absolute Gasteiger partial charge is 0.419 e. The second-order valence-electron chi connectivity index (χ2n) is 7.97. The van der Waals surface area contributed by atoms with Crippen LogP contribution in [-0.2, 0) is 9.47 Å². The number of allylic oxidation sites excluding steroid dienone is 3. The zero-order valence-electron chi connectivity index (χ0n) is 17.9. The molecule has 0 N–H and O–H groups in total. The number of ether oxygens (including phenoxy) is 2. The smallest absolute Gasteiger partial charge is 0.343 e. The molecule has 0 aromatic heterocycles. The van der Waals surface area contributed by atoms with Gasteiger partial charge in [0.25, 0.3) is 0 Å². The Bertz CT molecular complexity index is 1020. The normalized spacial score (nSPS) is 12.3. The first-order chi connectivity index (χ1) is 14.5. The van der Waals surface area contributed by atoms with Crippen LogP contribution in [-0.4, -0.2) is 11.9 Å². The zero-order chi connectivity index (χ0) is 23.2. The van der Waals surface area contributed by atoms with Crippen LogP contribution in [0.2, 0.25) is 0 Å². The Morgan fingerprint density at radius 3 is 1.65 bits per heavy atom. The molecule has 0 fully saturated rings. The monoisotopic (exact) mass is 426 g/mol. The first-order valence-electron chi connectivity index (χ1n) is 9.51. The van der Waals surface area contributed by atoms with Gasteiger partial charge in [0.1, 0.15) is 11.6 Å².